The highest BCUT2D eigenvalue weighted by Gasteiger charge is 2.19. The van der Waals surface area contributed by atoms with Gasteiger partial charge in [-0.1, -0.05) is 39.7 Å². The average molecular weight is 436 g/mol. The molecule has 0 saturated carbocycles. The lowest BCUT2D eigenvalue weighted by Gasteiger charge is -2.23. The largest absolute Gasteiger partial charge is 0.334 e. The molecule has 0 bridgehead atoms. The van der Waals surface area contributed by atoms with Gasteiger partial charge in [-0.2, -0.15) is 0 Å². The van der Waals surface area contributed by atoms with Gasteiger partial charge < -0.3 is 4.90 Å². The van der Waals surface area contributed by atoms with E-state index in [1.807, 2.05) is 34.5 Å². The predicted molar refractivity (Wildman–Crippen MR) is 106 cm³/mol. The van der Waals surface area contributed by atoms with Crippen LogP contribution in [0, 0.1) is 0 Å². The molecule has 2 aromatic heterocycles. The van der Waals surface area contributed by atoms with Crippen molar-refractivity contribution in [2.45, 2.75) is 13.0 Å². The van der Waals surface area contributed by atoms with Crippen molar-refractivity contribution in [3.63, 3.8) is 0 Å². The minimum Gasteiger partial charge on any atom is -0.334 e. The van der Waals surface area contributed by atoms with Crippen molar-refractivity contribution in [1.29, 1.82) is 0 Å². The molecule has 1 aromatic carbocycles. The van der Waals surface area contributed by atoms with Crippen molar-refractivity contribution in [2.24, 2.45) is 0 Å². The summed E-state index contributed by atoms with van der Waals surface area (Å²) in [6, 6.07) is 13.3. The molecule has 0 fully saturated rings. The molecule has 0 spiro atoms. The van der Waals surface area contributed by atoms with E-state index in [1.165, 1.54) is 4.88 Å². The van der Waals surface area contributed by atoms with Gasteiger partial charge in [-0.05, 0) is 47.7 Å². The number of rotatable bonds is 6. The van der Waals surface area contributed by atoms with Crippen molar-refractivity contribution in [3.8, 4) is 0 Å². The maximum absolute atomic E-state index is 13.1. The first kappa shape index (κ1) is 18.1. The fraction of sp³-hybridized carbons (Fsp3) is 0.158. The van der Waals surface area contributed by atoms with E-state index in [-0.39, 0.29) is 5.91 Å². The second kappa shape index (κ2) is 8.61. The van der Waals surface area contributed by atoms with Crippen LogP contribution < -0.4 is 0 Å². The third kappa shape index (κ3) is 4.91. The number of pyridine rings is 1. The Hall–Kier alpha value is -1.69. The lowest BCUT2D eigenvalue weighted by atomic mass is 10.1. The van der Waals surface area contributed by atoms with Crippen molar-refractivity contribution in [1.82, 2.24) is 9.88 Å². The second-order valence-corrected chi connectivity index (χ2v) is 7.90. The Balaban J connectivity index is 1.83. The Bertz CT molecular complexity index is 840. The van der Waals surface area contributed by atoms with E-state index in [0.717, 1.165) is 16.5 Å². The van der Waals surface area contributed by atoms with E-state index in [1.54, 1.807) is 35.9 Å². The van der Waals surface area contributed by atoms with E-state index in [9.17, 15) is 4.79 Å². The van der Waals surface area contributed by atoms with Crippen molar-refractivity contribution < 1.29 is 4.79 Å². The van der Waals surface area contributed by atoms with Crippen LogP contribution in [0.4, 0.5) is 0 Å². The predicted octanol–water partition coefficient (Wildman–Crippen LogP) is 5.44. The molecule has 3 rings (SSSR count). The smallest absolute Gasteiger partial charge is 0.255 e. The molecule has 0 radical (unpaired) electrons. The molecular formula is C19H16BrClN2OS. The highest BCUT2D eigenvalue weighted by molar-refractivity contribution is 9.10. The molecule has 0 aliphatic carbocycles. The first-order valence-electron chi connectivity index (χ1n) is 7.79. The number of nitrogens with zero attached hydrogens (tertiary/aromatic N) is 2. The number of thiophene rings is 1. The van der Waals surface area contributed by atoms with Gasteiger partial charge in [0.2, 0.25) is 0 Å². The van der Waals surface area contributed by atoms with Crippen molar-refractivity contribution in [3.05, 3.63) is 85.7 Å². The Kier molecular flexibility index (Phi) is 6.24. The summed E-state index contributed by atoms with van der Waals surface area (Å²) in [6.45, 7) is 1.12. The molecular weight excluding hydrogens is 420 g/mol. The van der Waals surface area contributed by atoms with Crippen molar-refractivity contribution in [2.75, 3.05) is 6.54 Å². The minimum absolute atomic E-state index is 0.0771. The quantitative estimate of drug-likeness (QED) is 0.516. The molecule has 0 aliphatic rings. The first-order valence-corrected chi connectivity index (χ1v) is 9.84. The number of benzene rings is 1. The van der Waals surface area contributed by atoms with Gasteiger partial charge in [0.25, 0.3) is 5.91 Å². The van der Waals surface area contributed by atoms with Crippen LogP contribution in [0.25, 0.3) is 0 Å². The molecule has 3 aromatic rings. The summed E-state index contributed by atoms with van der Waals surface area (Å²) in [7, 11) is 0. The Morgan fingerprint density at radius 2 is 2.12 bits per heavy atom. The Morgan fingerprint density at radius 1 is 1.24 bits per heavy atom. The number of hydrogen-bond acceptors (Lipinski definition) is 3. The minimum atomic E-state index is -0.0771. The third-order valence-corrected chi connectivity index (χ3v) is 5.51. The van der Waals surface area contributed by atoms with Gasteiger partial charge in [0.05, 0.1) is 10.6 Å². The molecule has 0 N–H and O–H groups in total. The number of amides is 1. The normalized spacial score (nSPS) is 10.6. The third-order valence-electron chi connectivity index (χ3n) is 3.75. The van der Waals surface area contributed by atoms with Crippen LogP contribution in [0.2, 0.25) is 5.02 Å². The van der Waals surface area contributed by atoms with Crippen LogP contribution in [0.15, 0.2) is 64.7 Å². The maximum Gasteiger partial charge on any atom is 0.255 e. The van der Waals surface area contributed by atoms with Crippen LogP contribution in [0.3, 0.4) is 0 Å². The van der Waals surface area contributed by atoms with Crippen LogP contribution in [0.1, 0.15) is 20.8 Å². The summed E-state index contributed by atoms with van der Waals surface area (Å²) >= 11 is 11.4. The Morgan fingerprint density at radius 3 is 2.84 bits per heavy atom. The van der Waals surface area contributed by atoms with E-state index in [4.69, 9.17) is 11.6 Å². The van der Waals surface area contributed by atoms with Crippen LogP contribution in [-0.2, 0) is 13.0 Å². The average Bonchev–Trinajstić information content (AvgIpc) is 3.14. The fourth-order valence-corrected chi connectivity index (χ4v) is 3.75. The van der Waals surface area contributed by atoms with Gasteiger partial charge in [0, 0.05) is 34.8 Å². The summed E-state index contributed by atoms with van der Waals surface area (Å²) in [5.74, 6) is -0.0771. The van der Waals surface area contributed by atoms with Crippen LogP contribution in [0.5, 0.6) is 0 Å². The molecule has 0 aliphatic heterocycles. The zero-order valence-corrected chi connectivity index (χ0v) is 16.5. The monoisotopic (exact) mass is 434 g/mol. The van der Waals surface area contributed by atoms with Gasteiger partial charge in [-0.15, -0.1) is 11.3 Å². The molecule has 6 heteroatoms. The zero-order chi connectivity index (χ0) is 17.6. The number of carbonyl (C=O) groups is 1. The van der Waals surface area contributed by atoms with E-state index < -0.39 is 0 Å². The first-order chi connectivity index (χ1) is 12.1. The number of carbonyl (C=O) groups excluding carboxylic acids is 1. The second-order valence-electron chi connectivity index (χ2n) is 5.54. The standard InChI is InChI=1S/C19H16BrClN2OS/c20-15-5-6-18(21)17(11-15)19(24)23(9-7-16-4-2-10-25-16)13-14-3-1-8-22-12-14/h1-6,8,10-12H,7,9,13H2. The molecule has 25 heavy (non-hydrogen) atoms. The van der Waals surface area contributed by atoms with Gasteiger partial charge in [0.1, 0.15) is 0 Å². The van der Waals surface area contributed by atoms with Crippen molar-refractivity contribution >= 4 is 44.8 Å². The lowest BCUT2D eigenvalue weighted by molar-refractivity contribution is 0.0745. The van der Waals surface area contributed by atoms with Crippen LogP contribution in [-0.4, -0.2) is 22.3 Å². The van der Waals surface area contributed by atoms with E-state index in [2.05, 4.69) is 27.0 Å². The summed E-state index contributed by atoms with van der Waals surface area (Å²) < 4.78 is 0.833. The molecule has 0 unspecified atom stereocenters. The summed E-state index contributed by atoms with van der Waals surface area (Å²) in [4.78, 5) is 20.3. The molecule has 2 heterocycles. The summed E-state index contributed by atoms with van der Waals surface area (Å²) in [6.07, 6.45) is 4.33. The zero-order valence-electron chi connectivity index (χ0n) is 13.4. The molecule has 0 atom stereocenters. The maximum atomic E-state index is 13.1. The van der Waals surface area contributed by atoms with Gasteiger partial charge in [-0.25, -0.2) is 0 Å². The number of aromatic nitrogens is 1. The topological polar surface area (TPSA) is 33.2 Å². The molecule has 3 nitrogen and oxygen atoms in total. The van der Waals surface area contributed by atoms with Crippen LogP contribution >= 0.6 is 38.9 Å². The molecule has 0 saturated heterocycles. The summed E-state index contributed by atoms with van der Waals surface area (Å²) in [5.41, 5.74) is 1.50. The summed E-state index contributed by atoms with van der Waals surface area (Å²) in [5, 5.41) is 2.51. The highest BCUT2D eigenvalue weighted by Crippen LogP contribution is 2.23. The molecule has 1 amide bonds. The highest BCUT2D eigenvalue weighted by atomic mass is 79.9. The van der Waals surface area contributed by atoms with Gasteiger partial charge in [0.15, 0.2) is 0 Å². The van der Waals surface area contributed by atoms with E-state index >= 15 is 0 Å². The Labute approximate surface area is 164 Å². The molecule has 128 valence electrons. The number of hydrogen-bond donors (Lipinski definition) is 0. The SMILES string of the molecule is O=C(c1cc(Br)ccc1Cl)N(CCc1cccs1)Cc1cccnc1. The number of halogens is 2. The van der Waals surface area contributed by atoms with Gasteiger partial charge in [-0.3, -0.25) is 9.78 Å². The lowest BCUT2D eigenvalue weighted by Crippen LogP contribution is -2.32. The fourth-order valence-electron chi connectivity index (χ4n) is 2.50. The van der Waals surface area contributed by atoms with Gasteiger partial charge >= 0.3 is 0 Å². The van der Waals surface area contributed by atoms with E-state index in [0.29, 0.717) is 23.7 Å².